The van der Waals surface area contributed by atoms with Crippen molar-refractivity contribution in [1.29, 1.82) is 0 Å². The Labute approximate surface area is 112 Å². The molecule has 1 heterocycles. The molecule has 0 bridgehead atoms. The summed E-state index contributed by atoms with van der Waals surface area (Å²) in [6.07, 6.45) is 0.668. The lowest BCUT2D eigenvalue weighted by atomic mass is 10.2. The van der Waals surface area contributed by atoms with Crippen molar-refractivity contribution < 1.29 is 9.90 Å². The summed E-state index contributed by atoms with van der Waals surface area (Å²) in [5, 5.41) is 17.6. The van der Waals surface area contributed by atoms with E-state index in [9.17, 15) is 14.7 Å². The summed E-state index contributed by atoms with van der Waals surface area (Å²) in [7, 11) is 0. The number of fused-ring (bicyclic) bond motifs is 1. The second-order valence-electron chi connectivity index (χ2n) is 4.19. The Morgan fingerprint density at radius 1 is 1.15 bits per heavy atom. The Morgan fingerprint density at radius 2 is 1.95 bits per heavy atom. The first-order valence-electron chi connectivity index (χ1n) is 5.84. The highest BCUT2D eigenvalue weighted by Crippen LogP contribution is 2.23. The molecule has 3 rings (SSSR count). The molecule has 0 radical (unpaired) electrons. The topological polar surface area (TPSA) is 85.1 Å². The number of phenols is 1. The van der Waals surface area contributed by atoms with Gasteiger partial charge in [0.05, 0.1) is 10.9 Å². The largest absolute Gasteiger partial charge is 0.506 e. The molecule has 2 aromatic carbocycles. The highest BCUT2D eigenvalue weighted by molar-refractivity contribution is 5.81. The Hall–Kier alpha value is -3.02. The van der Waals surface area contributed by atoms with Gasteiger partial charge in [-0.05, 0) is 30.3 Å². The Balaban J connectivity index is 2.38. The van der Waals surface area contributed by atoms with Crippen LogP contribution in [0.15, 0.2) is 47.3 Å². The molecule has 1 N–H and O–H groups in total. The zero-order chi connectivity index (χ0) is 14.1. The highest BCUT2D eigenvalue weighted by atomic mass is 16.3. The molecule has 0 saturated heterocycles. The summed E-state index contributed by atoms with van der Waals surface area (Å²) >= 11 is 0. The second kappa shape index (κ2) is 4.58. The van der Waals surface area contributed by atoms with Gasteiger partial charge in [0, 0.05) is 5.56 Å². The Kier molecular flexibility index (Phi) is 2.76. The maximum Gasteiger partial charge on any atom is 0.299 e. The van der Waals surface area contributed by atoms with Crippen molar-refractivity contribution >= 4 is 17.2 Å². The van der Waals surface area contributed by atoms with E-state index in [0.29, 0.717) is 28.4 Å². The van der Waals surface area contributed by atoms with Crippen LogP contribution in [0.5, 0.6) is 5.75 Å². The van der Waals surface area contributed by atoms with E-state index < -0.39 is 5.56 Å². The molecule has 0 aliphatic carbocycles. The van der Waals surface area contributed by atoms with Gasteiger partial charge in [0.1, 0.15) is 17.7 Å². The molecule has 0 spiro atoms. The summed E-state index contributed by atoms with van der Waals surface area (Å²) in [5.74, 6) is -0.0568. The van der Waals surface area contributed by atoms with Crippen molar-refractivity contribution in [2.75, 3.05) is 0 Å². The predicted molar refractivity (Wildman–Crippen MR) is 72.2 cm³/mol. The minimum absolute atomic E-state index is 0.0568. The molecule has 3 aromatic rings. The first kappa shape index (κ1) is 12.0. The number of rotatable bonds is 2. The third-order valence-electron chi connectivity index (χ3n) is 2.95. The molecule has 0 fully saturated rings. The molecule has 0 aliphatic rings. The predicted octanol–water partition coefficient (Wildman–Crippen LogP) is 1.30. The van der Waals surface area contributed by atoms with Gasteiger partial charge >= 0.3 is 0 Å². The van der Waals surface area contributed by atoms with E-state index in [1.807, 2.05) is 0 Å². The number of hydrogen-bond acceptors (Lipinski definition) is 5. The van der Waals surface area contributed by atoms with Crippen LogP contribution >= 0.6 is 0 Å². The molecule has 0 aliphatic heterocycles. The van der Waals surface area contributed by atoms with Gasteiger partial charge < -0.3 is 5.11 Å². The van der Waals surface area contributed by atoms with E-state index in [4.69, 9.17) is 0 Å². The minimum atomic E-state index is -0.442. The lowest BCUT2D eigenvalue weighted by Crippen LogP contribution is -2.16. The maximum atomic E-state index is 11.7. The van der Waals surface area contributed by atoms with E-state index in [1.54, 1.807) is 24.3 Å². The summed E-state index contributed by atoms with van der Waals surface area (Å²) in [6.45, 7) is 0. The van der Waals surface area contributed by atoms with Crippen LogP contribution in [0.4, 0.5) is 0 Å². The molecule has 0 atom stereocenters. The van der Waals surface area contributed by atoms with Crippen LogP contribution < -0.4 is 5.56 Å². The second-order valence-corrected chi connectivity index (χ2v) is 4.19. The molecular formula is C14H9N3O3. The van der Waals surface area contributed by atoms with Crippen LogP contribution in [0.1, 0.15) is 10.4 Å². The zero-order valence-electron chi connectivity index (χ0n) is 10.2. The number of carbonyl (C=O) groups excluding carboxylic acids is 1. The van der Waals surface area contributed by atoms with Gasteiger partial charge in [-0.2, -0.15) is 0 Å². The summed E-state index contributed by atoms with van der Waals surface area (Å²) < 4.78 is 1.33. The highest BCUT2D eigenvalue weighted by Gasteiger charge is 2.10. The van der Waals surface area contributed by atoms with Gasteiger partial charge in [-0.25, -0.2) is 4.68 Å². The third kappa shape index (κ3) is 1.83. The molecule has 98 valence electrons. The van der Waals surface area contributed by atoms with Crippen molar-refractivity contribution in [3.05, 3.63) is 58.4 Å². The normalized spacial score (nSPS) is 10.6. The molecule has 1 aromatic heterocycles. The Bertz CT molecular complexity index is 871. The quantitative estimate of drug-likeness (QED) is 0.707. The van der Waals surface area contributed by atoms with Crippen molar-refractivity contribution in [3.8, 4) is 11.4 Å². The smallest absolute Gasteiger partial charge is 0.299 e. The fraction of sp³-hybridized carbons (Fsp3) is 0. The number of phenolic OH excluding ortho intramolecular Hbond substituents is 1. The standard InChI is InChI=1S/C14H9N3O3/c18-8-9-5-6-13(19)12(7-9)17-11-4-2-1-3-10(11)14(20)15-16-17/h1-8,19H. The average Bonchev–Trinajstić information content (AvgIpc) is 2.49. The van der Waals surface area contributed by atoms with E-state index in [-0.39, 0.29) is 5.75 Å². The van der Waals surface area contributed by atoms with Gasteiger partial charge in [-0.3, -0.25) is 9.59 Å². The lowest BCUT2D eigenvalue weighted by Gasteiger charge is -2.10. The molecule has 0 saturated carbocycles. The number of aromatic hydroxyl groups is 1. The number of aromatic nitrogens is 3. The van der Waals surface area contributed by atoms with Crippen LogP contribution in [-0.2, 0) is 0 Å². The number of para-hydroxylation sites is 1. The van der Waals surface area contributed by atoms with Crippen molar-refractivity contribution in [3.63, 3.8) is 0 Å². The average molecular weight is 267 g/mol. The number of carbonyl (C=O) groups is 1. The van der Waals surface area contributed by atoms with Crippen molar-refractivity contribution in [2.45, 2.75) is 0 Å². The first-order chi connectivity index (χ1) is 9.70. The number of aldehydes is 1. The number of nitrogens with zero attached hydrogens (tertiary/aromatic N) is 3. The summed E-state index contributed by atoms with van der Waals surface area (Å²) in [6, 6.07) is 11.2. The van der Waals surface area contributed by atoms with Gasteiger partial charge in [0.15, 0.2) is 0 Å². The Morgan fingerprint density at radius 3 is 2.75 bits per heavy atom. The fourth-order valence-corrected chi connectivity index (χ4v) is 1.99. The van der Waals surface area contributed by atoms with Gasteiger partial charge in [0.2, 0.25) is 0 Å². The van der Waals surface area contributed by atoms with Gasteiger partial charge in [-0.15, -0.1) is 0 Å². The van der Waals surface area contributed by atoms with Gasteiger partial charge in [0.25, 0.3) is 5.56 Å². The summed E-state index contributed by atoms with van der Waals surface area (Å²) in [5.41, 5.74) is 0.745. The van der Waals surface area contributed by atoms with Crippen LogP contribution in [0, 0.1) is 0 Å². The minimum Gasteiger partial charge on any atom is -0.506 e. The van der Waals surface area contributed by atoms with Crippen molar-refractivity contribution in [1.82, 2.24) is 15.0 Å². The zero-order valence-corrected chi connectivity index (χ0v) is 10.2. The lowest BCUT2D eigenvalue weighted by molar-refractivity contribution is 0.112. The van der Waals surface area contributed by atoms with Crippen LogP contribution in [0.3, 0.4) is 0 Å². The summed E-state index contributed by atoms with van der Waals surface area (Å²) in [4.78, 5) is 22.5. The van der Waals surface area contributed by atoms with Crippen molar-refractivity contribution in [2.24, 2.45) is 0 Å². The first-order valence-corrected chi connectivity index (χ1v) is 5.84. The van der Waals surface area contributed by atoms with Crippen LogP contribution in [0.25, 0.3) is 16.6 Å². The number of hydrogen-bond donors (Lipinski definition) is 1. The number of benzene rings is 2. The van der Waals surface area contributed by atoms with Gasteiger partial charge in [-0.1, -0.05) is 22.4 Å². The van der Waals surface area contributed by atoms with E-state index in [2.05, 4.69) is 10.3 Å². The molecule has 6 heteroatoms. The SMILES string of the molecule is O=Cc1ccc(O)c(-n2nnc(=O)c3ccccc32)c1. The maximum absolute atomic E-state index is 11.7. The molecule has 20 heavy (non-hydrogen) atoms. The van der Waals surface area contributed by atoms with E-state index in [0.717, 1.165) is 0 Å². The van der Waals surface area contributed by atoms with Crippen LogP contribution in [-0.4, -0.2) is 26.4 Å². The van der Waals surface area contributed by atoms with Crippen LogP contribution in [0.2, 0.25) is 0 Å². The molecule has 0 unspecified atom stereocenters. The third-order valence-corrected chi connectivity index (χ3v) is 2.95. The monoisotopic (exact) mass is 267 g/mol. The van der Waals surface area contributed by atoms with E-state index in [1.165, 1.54) is 22.9 Å². The van der Waals surface area contributed by atoms with E-state index >= 15 is 0 Å². The molecule has 0 amide bonds. The fourth-order valence-electron chi connectivity index (χ4n) is 1.99. The molecule has 6 nitrogen and oxygen atoms in total. The molecular weight excluding hydrogens is 258 g/mol.